The van der Waals surface area contributed by atoms with E-state index in [1.807, 2.05) is 0 Å². The molecule has 84 valence electrons. The number of hydrogen-bond donors (Lipinski definition) is 2. The van der Waals surface area contributed by atoms with Gasteiger partial charge in [-0.05, 0) is 6.07 Å². The molecule has 0 aliphatic rings. The van der Waals surface area contributed by atoms with Crippen molar-refractivity contribution in [2.24, 2.45) is 0 Å². The van der Waals surface area contributed by atoms with Crippen LogP contribution in [0, 0.1) is 17.5 Å². The number of nitrogens with two attached hydrogens (primary N) is 1. The Morgan fingerprint density at radius 3 is 2.44 bits per heavy atom. The summed E-state index contributed by atoms with van der Waals surface area (Å²) in [6, 6.07) is 0.563. The monoisotopic (exact) mass is 230 g/mol. The molecule has 0 unspecified atom stereocenters. The van der Waals surface area contributed by atoms with Gasteiger partial charge in [0.25, 0.3) is 0 Å². The topological polar surface area (TPSA) is 72.3 Å². The van der Waals surface area contributed by atoms with Gasteiger partial charge < -0.3 is 15.4 Å². The van der Waals surface area contributed by atoms with Crippen LogP contribution in [-0.2, 0) is 0 Å². The second kappa shape index (κ2) is 3.44. The summed E-state index contributed by atoms with van der Waals surface area (Å²) in [5.41, 5.74) is 4.80. The molecule has 2 rings (SSSR count). The summed E-state index contributed by atoms with van der Waals surface area (Å²) >= 11 is 0. The van der Waals surface area contributed by atoms with E-state index in [-0.39, 0.29) is 11.4 Å². The first kappa shape index (κ1) is 10.3. The Morgan fingerprint density at radius 2 is 1.88 bits per heavy atom. The van der Waals surface area contributed by atoms with Gasteiger partial charge in [0.05, 0.1) is 11.8 Å². The second-order valence-electron chi connectivity index (χ2n) is 2.99. The maximum atomic E-state index is 13.4. The Morgan fingerprint density at radius 1 is 1.19 bits per heavy atom. The third kappa shape index (κ3) is 1.37. The van der Waals surface area contributed by atoms with Gasteiger partial charge >= 0.3 is 0 Å². The molecule has 1 aromatic heterocycles. The molecule has 16 heavy (non-hydrogen) atoms. The summed E-state index contributed by atoms with van der Waals surface area (Å²) in [6.45, 7) is 0. The number of phenolic OH excluding ortho intramolecular Hbond substituents is 1. The van der Waals surface area contributed by atoms with Gasteiger partial charge in [0.15, 0.2) is 17.4 Å². The van der Waals surface area contributed by atoms with Crippen molar-refractivity contribution < 1.29 is 22.8 Å². The minimum Gasteiger partial charge on any atom is -0.503 e. The average molecular weight is 230 g/mol. The highest BCUT2D eigenvalue weighted by Gasteiger charge is 2.21. The molecule has 0 saturated heterocycles. The van der Waals surface area contributed by atoms with Crippen molar-refractivity contribution in [1.29, 1.82) is 0 Å². The number of phenols is 1. The number of aromatic hydroxyl groups is 1. The van der Waals surface area contributed by atoms with Crippen LogP contribution in [0.2, 0.25) is 0 Å². The Bertz CT molecular complexity index is 554. The van der Waals surface area contributed by atoms with E-state index in [9.17, 15) is 13.2 Å². The molecule has 4 nitrogen and oxygen atoms in total. The molecule has 1 heterocycles. The molecule has 0 amide bonds. The number of hydrogen-bond acceptors (Lipinski definition) is 4. The minimum absolute atomic E-state index is 0.0632. The number of nitrogen functional groups attached to an aromatic ring is 1. The highest BCUT2D eigenvalue weighted by atomic mass is 19.2. The highest BCUT2D eigenvalue weighted by molar-refractivity contribution is 5.73. The van der Waals surface area contributed by atoms with E-state index in [0.717, 1.165) is 6.20 Å². The van der Waals surface area contributed by atoms with Crippen molar-refractivity contribution in [3.8, 4) is 16.9 Å². The van der Waals surface area contributed by atoms with Gasteiger partial charge in [0.1, 0.15) is 0 Å². The van der Waals surface area contributed by atoms with Crippen LogP contribution in [0.5, 0.6) is 5.75 Å². The molecular formula is C9H5F3N2O2. The first-order valence-electron chi connectivity index (χ1n) is 4.09. The number of anilines is 1. The van der Waals surface area contributed by atoms with Crippen LogP contribution >= 0.6 is 0 Å². The molecule has 2 aromatic rings. The molecule has 0 spiro atoms. The Balaban J connectivity index is 2.72. The fraction of sp³-hybridized carbons (Fsp3) is 0. The predicted molar refractivity (Wildman–Crippen MR) is 47.9 cm³/mol. The molecule has 0 bridgehead atoms. The summed E-state index contributed by atoms with van der Waals surface area (Å²) in [4.78, 5) is 0. The van der Waals surface area contributed by atoms with Crippen molar-refractivity contribution in [1.82, 2.24) is 5.16 Å². The van der Waals surface area contributed by atoms with Crippen LogP contribution in [0.15, 0.2) is 16.8 Å². The van der Waals surface area contributed by atoms with Gasteiger partial charge in [-0.2, -0.15) is 4.39 Å². The van der Waals surface area contributed by atoms with Gasteiger partial charge in [-0.25, -0.2) is 8.78 Å². The fourth-order valence-electron chi connectivity index (χ4n) is 1.24. The summed E-state index contributed by atoms with van der Waals surface area (Å²) < 4.78 is 43.6. The second-order valence-corrected chi connectivity index (χ2v) is 2.99. The molecule has 0 atom stereocenters. The van der Waals surface area contributed by atoms with Crippen molar-refractivity contribution >= 4 is 5.88 Å². The van der Waals surface area contributed by atoms with Crippen molar-refractivity contribution in [3.63, 3.8) is 0 Å². The highest BCUT2D eigenvalue weighted by Crippen LogP contribution is 2.34. The van der Waals surface area contributed by atoms with E-state index >= 15 is 0 Å². The van der Waals surface area contributed by atoms with Crippen LogP contribution in [0.4, 0.5) is 19.1 Å². The zero-order valence-corrected chi connectivity index (χ0v) is 7.67. The summed E-state index contributed by atoms with van der Waals surface area (Å²) in [7, 11) is 0. The quantitative estimate of drug-likeness (QED) is 0.735. The molecule has 0 saturated carbocycles. The van der Waals surface area contributed by atoms with Crippen LogP contribution in [0.3, 0.4) is 0 Å². The zero-order valence-electron chi connectivity index (χ0n) is 7.67. The van der Waals surface area contributed by atoms with Gasteiger partial charge in [-0.3, -0.25) is 0 Å². The standard InChI is InChI=1S/C9H5F3N2O2/c10-5-1-3(4-2-14-16-9(4)13)6(11)8(15)7(5)12/h1-2,15H,13H2. The fourth-order valence-corrected chi connectivity index (χ4v) is 1.24. The molecule has 0 fully saturated rings. The lowest BCUT2D eigenvalue weighted by atomic mass is 10.1. The summed E-state index contributed by atoms with van der Waals surface area (Å²) in [5, 5.41) is 12.2. The van der Waals surface area contributed by atoms with Crippen molar-refractivity contribution in [2.75, 3.05) is 5.73 Å². The average Bonchev–Trinajstić information content (AvgIpc) is 2.67. The maximum Gasteiger partial charge on any atom is 0.230 e. The summed E-state index contributed by atoms with van der Waals surface area (Å²) in [5.74, 6) is -6.04. The molecular weight excluding hydrogens is 225 g/mol. The predicted octanol–water partition coefficient (Wildman–Crippen LogP) is 2.05. The molecule has 3 N–H and O–H groups in total. The molecule has 0 aliphatic heterocycles. The van der Waals surface area contributed by atoms with Crippen molar-refractivity contribution in [2.45, 2.75) is 0 Å². The lowest BCUT2D eigenvalue weighted by molar-refractivity contribution is 0.377. The van der Waals surface area contributed by atoms with E-state index in [1.54, 1.807) is 0 Å². The summed E-state index contributed by atoms with van der Waals surface area (Å²) in [6.07, 6.45) is 1.03. The first-order valence-corrected chi connectivity index (χ1v) is 4.09. The molecule has 1 aromatic carbocycles. The van der Waals surface area contributed by atoms with E-state index in [0.29, 0.717) is 6.07 Å². The third-order valence-electron chi connectivity index (χ3n) is 2.02. The zero-order chi connectivity index (χ0) is 11.9. The number of aromatic nitrogens is 1. The van der Waals surface area contributed by atoms with Gasteiger partial charge in [0, 0.05) is 5.56 Å². The van der Waals surface area contributed by atoms with Gasteiger partial charge in [-0.15, -0.1) is 0 Å². The number of nitrogens with zero attached hydrogens (tertiary/aromatic N) is 1. The smallest absolute Gasteiger partial charge is 0.230 e. The van der Waals surface area contributed by atoms with E-state index < -0.39 is 28.8 Å². The molecule has 7 heteroatoms. The lowest BCUT2D eigenvalue weighted by Gasteiger charge is -2.04. The van der Waals surface area contributed by atoms with E-state index in [4.69, 9.17) is 10.8 Å². The normalized spacial score (nSPS) is 10.7. The van der Waals surface area contributed by atoms with Gasteiger partial charge in [-0.1, -0.05) is 5.16 Å². The number of benzene rings is 1. The maximum absolute atomic E-state index is 13.4. The SMILES string of the molecule is Nc1oncc1-c1cc(F)c(F)c(O)c1F. The van der Waals surface area contributed by atoms with Crippen LogP contribution in [-0.4, -0.2) is 10.3 Å². The van der Waals surface area contributed by atoms with E-state index in [1.165, 1.54) is 0 Å². The molecule has 0 aliphatic carbocycles. The van der Waals surface area contributed by atoms with E-state index in [2.05, 4.69) is 9.68 Å². The van der Waals surface area contributed by atoms with Crippen LogP contribution in [0.1, 0.15) is 0 Å². The number of halogens is 3. The van der Waals surface area contributed by atoms with Crippen LogP contribution in [0.25, 0.3) is 11.1 Å². The number of rotatable bonds is 1. The largest absolute Gasteiger partial charge is 0.503 e. The Labute approximate surface area is 87.1 Å². The van der Waals surface area contributed by atoms with Crippen LogP contribution < -0.4 is 5.73 Å². The van der Waals surface area contributed by atoms with Crippen molar-refractivity contribution in [3.05, 3.63) is 29.7 Å². The Kier molecular flexibility index (Phi) is 2.22. The minimum atomic E-state index is -1.66. The lowest BCUT2D eigenvalue weighted by Crippen LogP contribution is -1.94. The first-order chi connectivity index (χ1) is 7.52. The molecule has 0 radical (unpaired) electrons. The third-order valence-corrected chi connectivity index (χ3v) is 2.02. The van der Waals surface area contributed by atoms with Gasteiger partial charge in [0.2, 0.25) is 11.7 Å². The Hall–Kier alpha value is -2.18.